The number of hydrogen-bond acceptors (Lipinski definition) is 3. The zero-order valence-corrected chi connectivity index (χ0v) is 5.66. The average Bonchev–Trinajstić information content (AvgIpc) is 1.89. The Labute approximate surface area is 58.8 Å². The summed E-state index contributed by atoms with van der Waals surface area (Å²) in [5.74, 6) is -0.430. The molecule has 1 heterocycles. The molecule has 1 unspecified atom stereocenters. The molecular weight excluding hydrogens is 130 g/mol. The van der Waals surface area contributed by atoms with Gasteiger partial charge in [-0.15, -0.1) is 0 Å². The smallest absolute Gasteiger partial charge is 0.248 e. The van der Waals surface area contributed by atoms with E-state index in [1.807, 2.05) is 0 Å². The van der Waals surface area contributed by atoms with E-state index < -0.39 is 11.4 Å². The summed E-state index contributed by atoms with van der Waals surface area (Å²) in [6, 6.07) is 0. The lowest BCUT2D eigenvalue weighted by Crippen LogP contribution is -2.53. The second-order valence-corrected chi connectivity index (χ2v) is 2.30. The van der Waals surface area contributed by atoms with Crippen LogP contribution in [0.25, 0.3) is 0 Å². The van der Waals surface area contributed by atoms with Crippen molar-refractivity contribution in [1.29, 1.82) is 0 Å². The van der Waals surface area contributed by atoms with Gasteiger partial charge < -0.3 is 11.1 Å². The first kappa shape index (κ1) is 6.80. The minimum Gasteiger partial charge on any atom is -0.372 e. The van der Waals surface area contributed by atoms with Crippen LogP contribution in [0.15, 0.2) is 17.4 Å². The van der Waals surface area contributed by atoms with E-state index in [0.29, 0.717) is 0 Å². The maximum Gasteiger partial charge on any atom is 0.248 e. The van der Waals surface area contributed by atoms with Gasteiger partial charge in [0.25, 0.3) is 0 Å². The van der Waals surface area contributed by atoms with Crippen molar-refractivity contribution in [3.05, 3.63) is 12.4 Å². The number of nitrogens with zero attached hydrogens (tertiary/aromatic N) is 1. The third-order valence-electron chi connectivity index (χ3n) is 1.39. The van der Waals surface area contributed by atoms with Crippen molar-refractivity contribution in [3.8, 4) is 0 Å². The quantitative estimate of drug-likeness (QED) is 0.508. The van der Waals surface area contributed by atoms with Gasteiger partial charge in [0, 0.05) is 18.6 Å². The van der Waals surface area contributed by atoms with Gasteiger partial charge in [0.05, 0.1) is 0 Å². The number of hydrogen-bond donors (Lipinski definition) is 2. The Morgan fingerprint density at radius 1 is 1.80 bits per heavy atom. The molecule has 1 atom stereocenters. The minimum atomic E-state index is -0.811. The maximum atomic E-state index is 10.7. The summed E-state index contributed by atoms with van der Waals surface area (Å²) in [4.78, 5) is 14.5. The molecule has 0 saturated heterocycles. The number of amides is 1. The largest absolute Gasteiger partial charge is 0.372 e. The van der Waals surface area contributed by atoms with Crippen LogP contribution in [0.2, 0.25) is 0 Å². The summed E-state index contributed by atoms with van der Waals surface area (Å²) in [7, 11) is 0. The fourth-order valence-electron chi connectivity index (χ4n) is 0.618. The predicted octanol–water partition coefficient (Wildman–Crippen LogP) is -0.624. The van der Waals surface area contributed by atoms with Crippen molar-refractivity contribution in [2.75, 3.05) is 0 Å². The Balaban J connectivity index is 2.80. The third-order valence-corrected chi connectivity index (χ3v) is 1.39. The fraction of sp³-hybridized carbons (Fsp3) is 0.333. The number of carbonyl (C=O) groups is 1. The van der Waals surface area contributed by atoms with Crippen molar-refractivity contribution >= 4 is 12.1 Å². The number of aliphatic imine (C=N–C) groups is 1. The topological polar surface area (TPSA) is 67.5 Å². The van der Waals surface area contributed by atoms with Gasteiger partial charge in [-0.05, 0) is 6.92 Å². The van der Waals surface area contributed by atoms with E-state index in [2.05, 4.69) is 10.3 Å². The van der Waals surface area contributed by atoms with Gasteiger partial charge in [-0.2, -0.15) is 0 Å². The van der Waals surface area contributed by atoms with Crippen molar-refractivity contribution in [2.45, 2.75) is 12.5 Å². The first-order valence-electron chi connectivity index (χ1n) is 2.92. The van der Waals surface area contributed by atoms with Crippen LogP contribution in [-0.4, -0.2) is 17.7 Å². The highest BCUT2D eigenvalue weighted by atomic mass is 16.1. The third kappa shape index (κ3) is 1.00. The highest BCUT2D eigenvalue weighted by molar-refractivity contribution is 6.02. The number of nitrogens with one attached hydrogen (secondary N) is 1. The summed E-state index contributed by atoms with van der Waals surface area (Å²) >= 11 is 0. The van der Waals surface area contributed by atoms with Gasteiger partial charge in [-0.3, -0.25) is 9.79 Å². The summed E-state index contributed by atoms with van der Waals surface area (Å²) in [6.45, 7) is 1.67. The van der Waals surface area contributed by atoms with Crippen LogP contribution in [-0.2, 0) is 4.79 Å². The van der Waals surface area contributed by atoms with E-state index in [1.165, 1.54) is 6.21 Å². The highest BCUT2D eigenvalue weighted by Crippen LogP contribution is 2.02. The number of nitrogens with two attached hydrogens (primary N) is 1. The fourth-order valence-corrected chi connectivity index (χ4v) is 0.618. The minimum absolute atomic E-state index is 0.430. The van der Waals surface area contributed by atoms with Crippen molar-refractivity contribution in [1.82, 2.24) is 5.32 Å². The Morgan fingerprint density at radius 3 is 2.80 bits per heavy atom. The van der Waals surface area contributed by atoms with E-state index in [9.17, 15) is 4.79 Å². The second kappa shape index (κ2) is 2.13. The number of primary amides is 1. The van der Waals surface area contributed by atoms with Gasteiger partial charge in [0.1, 0.15) is 5.54 Å². The van der Waals surface area contributed by atoms with E-state index in [0.717, 1.165) is 0 Å². The summed E-state index contributed by atoms with van der Waals surface area (Å²) in [6.07, 6.45) is 4.63. The molecule has 0 aromatic carbocycles. The van der Waals surface area contributed by atoms with Crippen molar-refractivity contribution in [3.63, 3.8) is 0 Å². The molecular formula is C6H9N3O. The lowest BCUT2D eigenvalue weighted by molar-refractivity contribution is -0.121. The molecule has 0 aliphatic carbocycles. The van der Waals surface area contributed by atoms with Gasteiger partial charge in [-0.1, -0.05) is 0 Å². The van der Waals surface area contributed by atoms with Gasteiger partial charge in [0.2, 0.25) is 5.91 Å². The van der Waals surface area contributed by atoms with E-state index in [1.54, 1.807) is 19.3 Å². The second-order valence-electron chi connectivity index (χ2n) is 2.30. The molecule has 0 saturated carbocycles. The molecule has 3 N–H and O–H groups in total. The number of carbonyl (C=O) groups excluding carboxylic acids is 1. The molecule has 0 radical (unpaired) electrons. The summed E-state index contributed by atoms with van der Waals surface area (Å²) in [5.41, 5.74) is 4.26. The normalized spacial score (nSPS) is 29.7. The van der Waals surface area contributed by atoms with E-state index in [4.69, 9.17) is 5.73 Å². The Kier molecular flexibility index (Phi) is 1.45. The van der Waals surface area contributed by atoms with Crippen LogP contribution in [0.3, 0.4) is 0 Å². The zero-order valence-electron chi connectivity index (χ0n) is 5.66. The Hall–Kier alpha value is -1.32. The van der Waals surface area contributed by atoms with Crippen LogP contribution in [0.1, 0.15) is 6.92 Å². The maximum absolute atomic E-state index is 10.7. The molecule has 0 spiro atoms. The summed E-state index contributed by atoms with van der Waals surface area (Å²) < 4.78 is 0. The van der Waals surface area contributed by atoms with Gasteiger partial charge in [-0.25, -0.2) is 0 Å². The molecule has 0 fully saturated rings. The van der Waals surface area contributed by atoms with Crippen LogP contribution in [0.4, 0.5) is 0 Å². The van der Waals surface area contributed by atoms with Gasteiger partial charge in [0.15, 0.2) is 0 Å². The molecule has 54 valence electrons. The molecule has 0 aromatic heterocycles. The van der Waals surface area contributed by atoms with Crippen LogP contribution >= 0.6 is 0 Å². The lowest BCUT2D eigenvalue weighted by Gasteiger charge is -2.22. The Morgan fingerprint density at radius 2 is 2.50 bits per heavy atom. The van der Waals surface area contributed by atoms with Crippen LogP contribution in [0, 0.1) is 0 Å². The lowest BCUT2D eigenvalue weighted by atomic mass is 10.0. The predicted molar refractivity (Wildman–Crippen MR) is 38.4 cm³/mol. The molecule has 0 aromatic rings. The monoisotopic (exact) mass is 139 g/mol. The zero-order chi connectivity index (χ0) is 7.61. The first-order valence-corrected chi connectivity index (χ1v) is 2.92. The van der Waals surface area contributed by atoms with Crippen molar-refractivity contribution in [2.24, 2.45) is 10.7 Å². The van der Waals surface area contributed by atoms with Crippen LogP contribution in [0.5, 0.6) is 0 Å². The highest BCUT2D eigenvalue weighted by Gasteiger charge is 2.28. The van der Waals surface area contributed by atoms with E-state index in [-0.39, 0.29) is 0 Å². The summed E-state index contributed by atoms with van der Waals surface area (Å²) in [5, 5.41) is 2.79. The van der Waals surface area contributed by atoms with Crippen LogP contribution < -0.4 is 11.1 Å². The number of rotatable bonds is 1. The molecule has 4 nitrogen and oxygen atoms in total. The molecule has 1 rings (SSSR count). The molecule has 4 heteroatoms. The first-order chi connectivity index (χ1) is 4.65. The standard InChI is InChI=1S/C6H9N3O/c1-6(5(7)10)4-8-2-3-9-6/h2-4,9H,1H3,(H2,7,10). The van der Waals surface area contributed by atoms with E-state index >= 15 is 0 Å². The molecule has 1 aliphatic heterocycles. The Bertz CT molecular complexity index is 209. The molecule has 1 aliphatic rings. The SMILES string of the molecule is CC1(C(N)=O)C=NC=CN1. The molecule has 1 amide bonds. The molecule has 10 heavy (non-hydrogen) atoms. The van der Waals surface area contributed by atoms with Crippen molar-refractivity contribution < 1.29 is 4.79 Å². The van der Waals surface area contributed by atoms with Gasteiger partial charge >= 0.3 is 0 Å². The average molecular weight is 139 g/mol. The molecule has 0 bridgehead atoms.